The van der Waals surface area contributed by atoms with Gasteiger partial charge in [0.15, 0.2) is 0 Å². The van der Waals surface area contributed by atoms with Crippen LogP contribution < -0.4 is 0 Å². The quantitative estimate of drug-likeness (QED) is 0.161. The van der Waals surface area contributed by atoms with Crippen LogP contribution in [0.4, 0.5) is 0 Å². The highest BCUT2D eigenvalue weighted by Crippen LogP contribution is 2.31. The van der Waals surface area contributed by atoms with Crippen LogP contribution in [0.15, 0.2) is 0 Å². The second kappa shape index (κ2) is 10.7. The zero-order valence-corrected chi connectivity index (χ0v) is 16.8. The molecule has 0 atom stereocenters. The predicted molar refractivity (Wildman–Crippen MR) is 94.9 cm³/mol. The molecule has 0 saturated heterocycles. The lowest BCUT2D eigenvalue weighted by atomic mass is 10.0. The van der Waals surface area contributed by atoms with E-state index in [9.17, 15) is 0 Å². The molecule has 0 radical (unpaired) electrons. The number of hydrogen-bond acceptors (Lipinski definition) is 4. The van der Waals surface area contributed by atoms with Gasteiger partial charge in [-0.05, 0) is 47.0 Å². The van der Waals surface area contributed by atoms with Gasteiger partial charge in [0.25, 0.3) is 0 Å². The van der Waals surface area contributed by atoms with Crippen molar-refractivity contribution in [3.8, 4) is 0 Å². The Morgan fingerprint density at radius 3 is 1.39 bits per heavy atom. The lowest BCUT2D eigenvalue weighted by Gasteiger charge is -2.36. The zero-order chi connectivity index (χ0) is 18.0. The van der Waals surface area contributed by atoms with Gasteiger partial charge in [0.1, 0.15) is 0 Å². The second-order valence-corrected chi connectivity index (χ2v) is 7.63. The van der Waals surface area contributed by atoms with Crippen molar-refractivity contribution in [1.82, 2.24) is 0 Å². The number of hydrogen-bond donors (Lipinski definition) is 0. The Hall–Kier alpha value is -0.160. The molecule has 4 nitrogen and oxygen atoms in total. The van der Waals surface area contributed by atoms with Gasteiger partial charge in [0.05, 0.1) is 11.2 Å². The van der Waals surface area contributed by atoms with Crippen LogP contribution in [0, 0.1) is 0 Å². The van der Waals surface area contributed by atoms with E-state index in [0.29, 0.717) is 6.42 Å². The van der Waals surface area contributed by atoms with Gasteiger partial charge in [0, 0.05) is 12.8 Å². The van der Waals surface area contributed by atoms with E-state index >= 15 is 0 Å². The molecule has 0 aliphatic heterocycles. The van der Waals surface area contributed by atoms with Crippen LogP contribution in [-0.2, 0) is 19.6 Å². The summed E-state index contributed by atoms with van der Waals surface area (Å²) in [5.74, 6) is -0.841. The molecular formula is C19H40O4. The summed E-state index contributed by atoms with van der Waals surface area (Å²) in [5, 5.41) is 0. The largest absolute Gasteiger partial charge is 0.233 e. The second-order valence-electron chi connectivity index (χ2n) is 7.63. The summed E-state index contributed by atoms with van der Waals surface area (Å²) in [7, 11) is 0. The molecule has 0 heterocycles. The Morgan fingerprint density at radius 1 is 0.565 bits per heavy atom. The minimum absolute atomic E-state index is 0.340. The summed E-state index contributed by atoms with van der Waals surface area (Å²) in [4.78, 5) is 23.0. The van der Waals surface area contributed by atoms with E-state index < -0.39 is 5.79 Å². The fourth-order valence-corrected chi connectivity index (χ4v) is 1.71. The van der Waals surface area contributed by atoms with Crippen molar-refractivity contribution >= 4 is 0 Å². The van der Waals surface area contributed by atoms with E-state index in [1.807, 2.05) is 34.6 Å². The summed E-state index contributed by atoms with van der Waals surface area (Å²) in [6, 6.07) is 0. The van der Waals surface area contributed by atoms with Crippen LogP contribution in [0.5, 0.6) is 0 Å². The fraction of sp³-hybridized carbons (Fsp3) is 1.00. The third-order valence-corrected chi connectivity index (χ3v) is 4.49. The molecule has 0 aromatic carbocycles. The Kier molecular flexibility index (Phi) is 10.6. The molecule has 0 aliphatic rings. The Bertz CT molecular complexity index is 280. The number of rotatable bonds is 14. The van der Waals surface area contributed by atoms with Gasteiger partial charge in [-0.15, -0.1) is 0 Å². The van der Waals surface area contributed by atoms with E-state index in [2.05, 4.69) is 20.8 Å². The van der Waals surface area contributed by atoms with Crippen molar-refractivity contribution in [3.05, 3.63) is 0 Å². The first-order valence-corrected chi connectivity index (χ1v) is 9.39. The maximum Gasteiger partial charge on any atom is 0.233 e. The Morgan fingerprint density at radius 2 is 1.04 bits per heavy atom. The summed E-state index contributed by atoms with van der Waals surface area (Å²) in [5.41, 5.74) is -0.680. The first-order valence-electron chi connectivity index (χ1n) is 9.39. The molecule has 0 aliphatic carbocycles. The van der Waals surface area contributed by atoms with Crippen LogP contribution in [0.1, 0.15) is 107 Å². The summed E-state index contributed by atoms with van der Waals surface area (Å²) in [6.07, 6.45) is 7.81. The monoisotopic (exact) mass is 332 g/mol. The van der Waals surface area contributed by atoms with Crippen molar-refractivity contribution in [2.45, 2.75) is 124 Å². The van der Waals surface area contributed by atoms with Crippen molar-refractivity contribution in [2.75, 3.05) is 0 Å². The van der Waals surface area contributed by atoms with Crippen molar-refractivity contribution in [2.24, 2.45) is 0 Å². The average Bonchev–Trinajstić information content (AvgIpc) is 2.54. The normalized spacial score (nSPS) is 13.6. The van der Waals surface area contributed by atoms with Crippen LogP contribution in [0.2, 0.25) is 0 Å². The Balaban J connectivity index is 4.83. The van der Waals surface area contributed by atoms with Gasteiger partial charge in [-0.2, -0.15) is 9.78 Å². The van der Waals surface area contributed by atoms with Gasteiger partial charge >= 0.3 is 0 Å². The van der Waals surface area contributed by atoms with Crippen LogP contribution >= 0.6 is 0 Å². The summed E-state index contributed by atoms with van der Waals surface area (Å²) >= 11 is 0. The van der Waals surface area contributed by atoms with Crippen LogP contribution in [0.3, 0.4) is 0 Å². The molecule has 0 rings (SSSR count). The molecule has 0 fully saturated rings. The standard InChI is InChI=1S/C19H40O4/c1-9-13-14-15-16-19(12-4,22-20-17(5,6)10-2)23-21-18(7,8)11-3/h9-16H2,1-8H3. The lowest BCUT2D eigenvalue weighted by molar-refractivity contribution is -0.545. The van der Waals surface area contributed by atoms with Crippen LogP contribution in [0.25, 0.3) is 0 Å². The first-order chi connectivity index (χ1) is 10.7. The highest BCUT2D eigenvalue weighted by atomic mass is 17.3. The lowest BCUT2D eigenvalue weighted by Crippen LogP contribution is -2.41. The molecule has 0 aromatic rings. The fourth-order valence-electron chi connectivity index (χ4n) is 1.71. The minimum Gasteiger partial charge on any atom is -0.228 e. The van der Waals surface area contributed by atoms with Gasteiger partial charge in [0.2, 0.25) is 5.79 Å². The molecule has 0 N–H and O–H groups in total. The van der Waals surface area contributed by atoms with Crippen molar-refractivity contribution in [3.63, 3.8) is 0 Å². The Labute approximate surface area is 144 Å². The summed E-state index contributed by atoms with van der Waals surface area (Å²) in [6.45, 7) is 16.5. The highest BCUT2D eigenvalue weighted by Gasteiger charge is 2.37. The molecule has 0 bridgehead atoms. The number of unbranched alkanes of at least 4 members (excludes halogenated alkanes) is 3. The molecule has 0 spiro atoms. The molecule has 23 heavy (non-hydrogen) atoms. The van der Waals surface area contributed by atoms with Gasteiger partial charge in [-0.1, -0.05) is 47.0 Å². The minimum atomic E-state index is -0.841. The first kappa shape index (κ1) is 22.8. The molecule has 0 unspecified atom stereocenters. The van der Waals surface area contributed by atoms with E-state index in [0.717, 1.165) is 25.7 Å². The maximum atomic E-state index is 5.81. The highest BCUT2D eigenvalue weighted by molar-refractivity contribution is 4.69. The third-order valence-electron chi connectivity index (χ3n) is 4.49. The SMILES string of the molecule is CCCCCCC(CC)(OOC(C)(C)CC)OOC(C)(C)CC. The molecule has 4 heteroatoms. The van der Waals surface area contributed by atoms with Crippen molar-refractivity contribution in [1.29, 1.82) is 0 Å². The van der Waals surface area contributed by atoms with Gasteiger partial charge < -0.3 is 0 Å². The smallest absolute Gasteiger partial charge is 0.228 e. The predicted octanol–water partition coefficient (Wildman–Crippen LogP) is 6.34. The van der Waals surface area contributed by atoms with E-state index in [1.54, 1.807) is 0 Å². The molecule has 0 amide bonds. The molecule has 140 valence electrons. The van der Waals surface area contributed by atoms with Crippen LogP contribution in [-0.4, -0.2) is 17.0 Å². The molecular weight excluding hydrogens is 292 g/mol. The zero-order valence-electron chi connectivity index (χ0n) is 16.8. The van der Waals surface area contributed by atoms with Gasteiger partial charge in [-0.25, -0.2) is 9.78 Å². The summed E-state index contributed by atoms with van der Waals surface area (Å²) < 4.78 is 0. The van der Waals surface area contributed by atoms with Gasteiger partial charge in [-0.3, -0.25) is 0 Å². The van der Waals surface area contributed by atoms with E-state index in [-0.39, 0.29) is 11.2 Å². The molecule has 0 aromatic heterocycles. The van der Waals surface area contributed by atoms with Crippen molar-refractivity contribution < 1.29 is 19.6 Å². The maximum absolute atomic E-state index is 5.81. The molecule has 0 saturated carbocycles. The topological polar surface area (TPSA) is 36.9 Å². The average molecular weight is 333 g/mol. The third kappa shape index (κ3) is 9.65. The van der Waals surface area contributed by atoms with E-state index in [4.69, 9.17) is 19.6 Å². The van der Waals surface area contributed by atoms with E-state index in [1.165, 1.54) is 19.3 Å².